The Bertz CT molecular complexity index is 186. The maximum absolute atomic E-state index is 11.4. The van der Waals surface area contributed by atoms with Gasteiger partial charge in [0.2, 0.25) is 5.91 Å². The molecule has 0 aromatic rings. The lowest BCUT2D eigenvalue weighted by Crippen LogP contribution is -2.55. The topological polar surface area (TPSA) is 50.4 Å². The number of carbonyl (C=O) groups excluding carboxylic acids is 1. The number of rotatable bonds is 3. The van der Waals surface area contributed by atoms with E-state index in [4.69, 9.17) is 4.74 Å². The molecule has 0 saturated carbocycles. The predicted molar refractivity (Wildman–Crippen MR) is 50.5 cm³/mol. The Hall–Kier alpha value is -0.610. The van der Waals surface area contributed by atoms with Crippen molar-refractivity contribution in [1.29, 1.82) is 0 Å². The van der Waals surface area contributed by atoms with Gasteiger partial charge in [-0.05, 0) is 20.3 Å². The van der Waals surface area contributed by atoms with E-state index >= 15 is 0 Å². The molecule has 0 aromatic heterocycles. The molecule has 76 valence electrons. The lowest BCUT2D eigenvalue weighted by atomic mass is 10.0. The average molecular weight is 186 g/mol. The molecule has 0 aromatic carbocycles. The molecule has 0 spiro atoms. The molecule has 1 amide bonds. The molecule has 13 heavy (non-hydrogen) atoms. The molecule has 1 atom stereocenters. The van der Waals surface area contributed by atoms with Crippen LogP contribution >= 0.6 is 0 Å². The van der Waals surface area contributed by atoms with Crippen molar-refractivity contribution in [2.45, 2.75) is 31.8 Å². The zero-order valence-corrected chi connectivity index (χ0v) is 8.52. The Kier molecular flexibility index (Phi) is 3.27. The van der Waals surface area contributed by atoms with E-state index in [0.717, 1.165) is 13.0 Å². The van der Waals surface area contributed by atoms with Crippen LogP contribution in [-0.2, 0) is 9.53 Å². The van der Waals surface area contributed by atoms with Crippen LogP contribution in [0.1, 0.15) is 20.3 Å². The lowest BCUT2D eigenvalue weighted by Gasteiger charge is -2.27. The summed E-state index contributed by atoms with van der Waals surface area (Å²) < 4.78 is 5.22. The van der Waals surface area contributed by atoms with E-state index in [1.807, 2.05) is 13.8 Å². The zero-order valence-electron chi connectivity index (χ0n) is 8.52. The van der Waals surface area contributed by atoms with Gasteiger partial charge in [-0.2, -0.15) is 0 Å². The van der Waals surface area contributed by atoms with Crippen molar-refractivity contribution in [3.63, 3.8) is 0 Å². The van der Waals surface area contributed by atoms with Gasteiger partial charge in [-0.1, -0.05) is 0 Å². The van der Waals surface area contributed by atoms with Gasteiger partial charge in [0.05, 0.1) is 12.1 Å². The minimum absolute atomic E-state index is 0.0133. The number of amides is 1. The Balaban J connectivity index is 2.44. The predicted octanol–water partition coefficient (Wildman–Crippen LogP) is -0.111. The van der Waals surface area contributed by atoms with Crippen LogP contribution in [0.2, 0.25) is 0 Å². The van der Waals surface area contributed by atoms with Gasteiger partial charge in [-0.3, -0.25) is 10.1 Å². The average Bonchev–Trinajstić information content (AvgIpc) is 2.54. The number of carbonyl (C=O) groups is 1. The molecule has 4 heteroatoms. The largest absolute Gasteiger partial charge is 0.380 e. The molecule has 1 fully saturated rings. The first-order valence-corrected chi connectivity index (χ1v) is 4.64. The first-order valence-electron chi connectivity index (χ1n) is 4.64. The zero-order chi connectivity index (χ0) is 9.90. The second kappa shape index (κ2) is 4.07. The summed E-state index contributed by atoms with van der Waals surface area (Å²) in [6.07, 6.45) is 0.987. The minimum atomic E-state index is -0.507. The van der Waals surface area contributed by atoms with Gasteiger partial charge in [-0.25, -0.2) is 0 Å². The molecule has 0 bridgehead atoms. The smallest absolute Gasteiger partial charge is 0.239 e. The fourth-order valence-electron chi connectivity index (χ4n) is 1.54. The number of likely N-dealkylation sites (N-methyl/N-ethyl adjacent to an activating group) is 1. The van der Waals surface area contributed by atoms with E-state index in [2.05, 4.69) is 10.6 Å². The Labute approximate surface area is 79.0 Å². The van der Waals surface area contributed by atoms with E-state index in [1.165, 1.54) is 0 Å². The number of ether oxygens (including phenoxy) is 1. The fourth-order valence-corrected chi connectivity index (χ4v) is 1.54. The van der Waals surface area contributed by atoms with E-state index in [0.29, 0.717) is 12.6 Å². The molecule has 1 rings (SSSR count). The Morgan fingerprint density at radius 1 is 1.54 bits per heavy atom. The summed E-state index contributed by atoms with van der Waals surface area (Å²) in [6, 6.07) is 0.312. The van der Waals surface area contributed by atoms with Crippen molar-refractivity contribution in [2.24, 2.45) is 0 Å². The molecule has 2 N–H and O–H groups in total. The normalized spacial score (nSPS) is 23.2. The van der Waals surface area contributed by atoms with Gasteiger partial charge in [0, 0.05) is 19.7 Å². The number of hydrogen-bond acceptors (Lipinski definition) is 3. The van der Waals surface area contributed by atoms with Gasteiger partial charge in [-0.15, -0.1) is 0 Å². The highest BCUT2D eigenvalue weighted by molar-refractivity contribution is 5.85. The van der Waals surface area contributed by atoms with Crippen LogP contribution in [0, 0.1) is 0 Å². The Morgan fingerprint density at radius 2 is 2.23 bits per heavy atom. The molecule has 4 nitrogen and oxygen atoms in total. The van der Waals surface area contributed by atoms with Crippen LogP contribution in [0.4, 0.5) is 0 Å². The van der Waals surface area contributed by atoms with Gasteiger partial charge in [0.1, 0.15) is 0 Å². The van der Waals surface area contributed by atoms with Crippen LogP contribution < -0.4 is 10.6 Å². The van der Waals surface area contributed by atoms with Crippen molar-refractivity contribution < 1.29 is 9.53 Å². The standard InChI is InChI=1S/C9H18N2O2/c1-9(2,8(12)10-3)11-7-4-5-13-6-7/h7,11H,4-6H2,1-3H3,(H,10,12). The Morgan fingerprint density at radius 3 is 2.69 bits per heavy atom. The number of nitrogens with one attached hydrogen (secondary N) is 2. The van der Waals surface area contributed by atoms with Crippen molar-refractivity contribution in [3.05, 3.63) is 0 Å². The van der Waals surface area contributed by atoms with Crippen LogP contribution in [0.3, 0.4) is 0 Å². The van der Waals surface area contributed by atoms with E-state index in [9.17, 15) is 4.79 Å². The van der Waals surface area contributed by atoms with Crippen molar-refractivity contribution >= 4 is 5.91 Å². The summed E-state index contributed by atoms with van der Waals surface area (Å²) in [4.78, 5) is 11.4. The first-order chi connectivity index (χ1) is 6.06. The van der Waals surface area contributed by atoms with Gasteiger partial charge < -0.3 is 10.1 Å². The molecular weight excluding hydrogens is 168 g/mol. The third-order valence-electron chi connectivity index (χ3n) is 2.29. The molecule has 1 aliphatic rings. The highest BCUT2D eigenvalue weighted by Gasteiger charge is 2.30. The quantitative estimate of drug-likeness (QED) is 0.646. The molecule has 0 radical (unpaired) electrons. The molecule has 1 aliphatic heterocycles. The van der Waals surface area contributed by atoms with E-state index in [-0.39, 0.29) is 5.91 Å². The molecular formula is C9H18N2O2. The van der Waals surface area contributed by atoms with Crippen LogP contribution in [0.15, 0.2) is 0 Å². The SMILES string of the molecule is CNC(=O)C(C)(C)NC1CCOC1. The maximum atomic E-state index is 11.4. The van der Waals surface area contributed by atoms with Crippen molar-refractivity contribution in [2.75, 3.05) is 20.3 Å². The third-order valence-corrected chi connectivity index (χ3v) is 2.29. The first kappa shape index (κ1) is 10.5. The van der Waals surface area contributed by atoms with Gasteiger partial charge in [0.15, 0.2) is 0 Å². The maximum Gasteiger partial charge on any atom is 0.239 e. The van der Waals surface area contributed by atoms with E-state index in [1.54, 1.807) is 7.05 Å². The summed E-state index contributed by atoms with van der Waals surface area (Å²) in [5, 5.41) is 5.91. The highest BCUT2D eigenvalue weighted by Crippen LogP contribution is 2.10. The second-order valence-electron chi connectivity index (χ2n) is 3.91. The molecule has 1 unspecified atom stereocenters. The van der Waals surface area contributed by atoms with Gasteiger partial charge in [0.25, 0.3) is 0 Å². The van der Waals surface area contributed by atoms with Crippen LogP contribution in [-0.4, -0.2) is 37.7 Å². The third kappa shape index (κ3) is 2.67. The van der Waals surface area contributed by atoms with Crippen LogP contribution in [0.25, 0.3) is 0 Å². The molecule has 0 aliphatic carbocycles. The summed E-state index contributed by atoms with van der Waals surface area (Å²) in [5.41, 5.74) is -0.507. The van der Waals surface area contributed by atoms with Crippen LogP contribution in [0.5, 0.6) is 0 Å². The number of hydrogen-bond donors (Lipinski definition) is 2. The molecule has 1 heterocycles. The van der Waals surface area contributed by atoms with Gasteiger partial charge >= 0.3 is 0 Å². The van der Waals surface area contributed by atoms with Crippen molar-refractivity contribution in [1.82, 2.24) is 10.6 Å². The summed E-state index contributed by atoms with van der Waals surface area (Å²) in [5.74, 6) is 0.0133. The second-order valence-corrected chi connectivity index (χ2v) is 3.91. The minimum Gasteiger partial charge on any atom is -0.380 e. The summed E-state index contributed by atoms with van der Waals surface area (Å²) >= 11 is 0. The highest BCUT2D eigenvalue weighted by atomic mass is 16.5. The monoisotopic (exact) mass is 186 g/mol. The lowest BCUT2D eigenvalue weighted by molar-refractivity contribution is -0.126. The van der Waals surface area contributed by atoms with E-state index < -0.39 is 5.54 Å². The molecule has 1 saturated heterocycles. The summed E-state index contributed by atoms with van der Waals surface area (Å²) in [6.45, 7) is 5.26. The van der Waals surface area contributed by atoms with Crippen molar-refractivity contribution in [3.8, 4) is 0 Å². The fraction of sp³-hybridized carbons (Fsp3) is 0.889. The summed E-state index contributed by atoms with van der Waals surface area (Å²) in [7, 11) is 1.65.